The van der Waals surface area contributed by atoms with Gasteiger partial charge in [0.15, 0.2) is 0 Å². The molecule has 0 aliphatic carbocycles. The van der Waals surface area contributed by atoms with Gasteiger partial charge in [0, 0.05) is 49.6 Å². The first-order valence-corrected chi connectivity index (χ1v) is 8.49. The van der Waals surface area contributed by atoms with Crippen LogP contribution in [0.25, 0.3) is 0 Å². The number of pyridine rings is 1. The highest BCUT2D eigenvalue weighted by molar-refractivity contribution is 6.12. The number of rotatable bonds is 4. The number of piperidine rings is 1. The Bertz CT molecular complexity index is 871. The first kappa shape index (κ1) is 18.3. The maximum Gasteiger partial charge on any atom is 0.250 e. The molecule has 1 aliphatic heterocycles. The minimum Gasteiger partial charge on any atom is -0.392 e. The van der Waals surface area contributed by atoms with E-state index in [0.29, 0.717) is 5.56 Å². The fraction of sp³-hybridized carbons (Fsp3) is 0.368. The quantitative estimate of drug-likeness (QED) is 0.621. The van der Waals surface area contributed by atoms with Crippen molar-refractivity contribution in [2.45, 2.75) is 18.9 Å². The van der Waals surface area contributed by atoms with E-state index in [9.17, 15) is 13.6 Å². The second-order valence-electron chi connectivity index (χ2n) is 6.54. The number of aryl methyl sites for hydroxylation is 1. The van der Waals surface area contributed by atoms with Gasteiger partial charge in [-0.3, -0.25) is 4.79 Å². The minimum absolute atomic E-state index is 0.0581. The first-order valence-electron chi connectivity index (χ1n) is 8.49. The van der Waals surface area contributed by atoms with Crippen molar-refractivity contribution in [3.05, 3.63) is 69.6 Å². The van der Waals surface area contributed by atoms with Crippen molar-refractivity contribution in [1.29, 1.82) is 0 Å². The summed E-state index contributed by atoms with van der Waals surface area (Å²) in [4.78, 5) is 19.5. The van der Waals surface area contributed by atoms with Crippen LogP contribution in [-0.2, 0) is 11.9 Å². The van der Waals surface area contributed by atoms with Gasteiger partial charge in [0.05, 0.1) is 0 Å². The third-order valence-electron chi connectivity index (χ3n) is 4.50. The van der Waals surface area contributed by atoms with Gasteiger partial charge in [-0.15, -0.1) is 0 Å². The normalized spacial score (nSPS) is 16.7. The third kappa shape index (κ3) is 4.16. The molecule has 0 atom stereocenters. The Morgan fingerprint density at radius 1 is 1.15 bits per heavy atom. The number of halogens is 2. The van der Waals surface area contributed by atoms with E-state index in [1.165, 1.54) is 22.8 Å². The van der Waals surface area contributed by atoms with Crippen LogP contribution >= 0.6 is 0 Å². The van der Waals surface area contributed by atoms with Gasteiger partial charge < -0.3 is 14.3 Å². The van der Waals surface area contributed by atoms with E-state index in [2.05, 4.69) is 10.1 Å². The van der Waals surface area contributed by atoms with Gasteiger partial charge >= 0.3 is 0 Å². The molecule has 0 bridgehead atoms. The zero-order valence-corrected chi connectivity index (χ0v) is 14.8. The van der Waals surface area contributed by atoms with E-state index >= 15 is 0 Å². The number of hydrogen-bond donors (Lipinski definition) is 0. The molecule has 2 heterocycles. The van der Waals surface area contributed by atoms with E-state index in [1.807, 2.05) is 7.05 Å². The third-order valence-corrected chi connectivity index (χ3v) is 4.50. The monoisotopic (exact) mass is 361 g/mol. The highest BCUT2D eigenvalue weighted by Crippen LogP contribution is 2.18. The van der Waals surface area contributed by atoms with Gasteiger partial charge in [-0.25, -0.2) is 8.78 Å². The number of nitrogens with zero attached hydrogens (tertiary/aromatic N) is 3. The number of oxime groups is 1. The van der Waals surface area contributed by atoms with Gasteiger partial charge in [0.25, 0.3) is 0 Å². The van der Waals surface area contributed by atoms with Crippen LogP contribution in [0, 0.1) is 11.6 Å². The Labute approximate surface area is 150 Å². The maximum absolute atomic E-state index is 14.3. The van der Waals surface area contributed by atoms with Crippen molar-refractivity contribution in [3.63, 3.8) is 0 Å². The van der Waals surface area contributed by atoms with Crippen LogP contribution in [-0.4, -0.2) is 41.4 Å². The Morgan fingerprint density at radius 3 is 2.54 bits per heavy atom. The van der Waals surface area contributed by atoms with Crippen molar-refractivity contribution in [3.8, 4) is 0 Å². The molecule has 2 aromatic rings. The summed E-state index contributed by atoms with van der Waals surface area (Å²) in [5.41, 5.74) is 0.685. The second kappa shape index (κ2) is 7.78. The lowest BCUT2D eigenvalue weighted by atomic mass is 10.0. The van der Waals surface area contributed by atoms with Crippen LogP contribution in [0.1, 0.15) is 24.0 Å². The molecule has 1 aliphatic rings. The molecule has 5 nitrogen and oxygen atoms in total. The molecular formula is C19H21F2N3O2. The lowest BCUT2D eigenvalue weighted by molar-refractivity contribution is 0.0163. The molecule has 0 spiro atoms. The summed E-state index contributed by atoms with van der Waals surface area (Å²) in [5.74, 6) is -1.40. The minimum atomic E-state index is -0.732. The SMILES string of the molecule is CN1CCC(ON=C(c2ccc(=O)n(C)c2)c2ccc(F)cc2F)CC1. The van der Waals surface area contributed by atoms with Crippen LogP contribution in [0.5, 0.6) is 0 Å². The molecule has 0 saturated carbocycles. The molecule has 138 valence electrons. The predicted octanol–water partition coefficient (Wildman–Crippen LogP) is 2.53. The van der Waals surface area contributed by atoms with Crippen molar-refractivity contribution in [2.75, 3.05) is 20.1 Å². The van der Waals surface area contributed by atoms with E-state index in [0.717, 1.165) is 32.0 Å². The summed E-state index contributed by atoms with van der Waals surface area (Å²) in [6.07, 6.45) is 3.15. The predicted molar refractivity (Wildman–Crippen MR) is 95.3 cm³/mol. The van der Waals surface area contributed by atoms with Crippen molar-refractivity contribution in [1.82, 2.24) is 9.47 Å². The van der Waals surface area contributed by atoms with Gasteiger partial charge in [-0.1, -0.05) is 5.16 Å². The van der Waals surface area contributed by atoms with Crippen molar-refractivity contribution < 1.29 is 13.6 Å². The summed E-state index contributed by atoms with van der Waals surface area (Å²) < 4.78 is 29.0. The summed E-state index contributed by atoms with van der Waals surface area (Å²) in [6, 6.07) is 6.24. The zero-order chi connectivity index (χ0) is 18.7. The zero-order valence-electron chi connectivity index (χ0n) is 14.8. The van der Waals surface area contributed by atoms with Gasteiger partial charge in [0.2, 0.25) is 5.56 Å². The molecule has 7 heteroatoms. The van der Waals surface area contributed by atoms with Crippen LogP contribution in [0.15, 0.2) is 46.5 Å². The van der Waals surface area contributed by atoms with Gasteiger partial charge in [-0.2, -0.15) is 0 Å². The molecule has 1 saturated heterocycles. The highest BCUT2D eigenvalue weighted by atomic mass is 19.1. The lowest BCUT2D eigenvalue weighted by Crippen LogP contribution is -2.33. The summed E-state index contributed by atoms with van der Waals surface area (Å²) >= 11 is 0. The number of benzene rings is 1. The molecule has 0 radical (unpaired) electrons. The van der Waals surface area contributed by atoms with Crippen LogP contribution in [0.2, 0.25) is 0 Å². The number of aromatic nitrogens is 1. The summed E-state index contributed by atoms with van der Waals surface area (Å²) in [6.45, 7) is 1.81. The fourth-order valence-electron chi connectivity index (χ4n) is 2.89. The Balaban J connectivity index is 1.96. The molecule has 1 aromatic heterocycles. The van der Waals surface area contributed by atoms with Crippen molar-refractivity contribution >= 4 is 5.71 Å². The first-order chi connectivity index (χ1) is 12.4. The largest absolute Gasteiger partial charge is 0.392 e. The topological polar surface area (TPSA) is 46.8 Å². The molecule has 1 aromatic carbocycles. The Kier molecular flexibility index (Phi) is 5.46. The van der Waals surface area contributed by atoms with E-state index < -0.39 is 11.6 Å². The Morgan fingerprint density at radius 2 is 1.88 bits per heavy atom. The fourth-order valence-corrected chi connectivity index (χ4v) is 2.89. The molecular weight excluding hydrogens is 340 g/mol. The summed E-state index contributed by atoms with van der Waals surface area (Å²) in [7, 11) is 3.64. The van der Waals surface area contributed by atoms with E-state index in [-0.39, 0.29) is 22.9 Å². The standard InChI is InChI=1S/C19H21F2N3O2/c1-23-9-7-15(8-10-23)26-22-19(13-3-6-18(25)24(2)12-13)16-5-4-14(20)11-17(16)21/h3-6,11-12,15H,7-10H2,1-2H3. The molecule has 0 N–H and O–H groups in total. The molecule has 0 unspecified atom stereocenters. The lowest BCUT2D eigenvalue weighted by Gasteiger charge is -2.27. The average Bonchev–Trinajstić information content (AvgIpc) is 2.61. The average molecular weight is 361 g/mol. The highest BCUT2D eigenvalue weighted by Gasteiger charge is 2.20. The van der Waals surface area contributed by atoms with Crippen molar-refractivity contribution in [2.24, 2.45) is 12.2 Å². The van der Waals surface area contributed by atoms with Crippen LogP contribution in [0.4, 0.5) is 8.78 Å². The summed E-state index contributed by atoms with van der Waals surface area (Å²) in [5, 5.41) is 4.19. The smallest absolute Gasteiger partial charge is 0.250 e. The molecule has 3 rings (SSSR count). The number of hydrogen-bond acceptors (Lipinski definition) is 4. The van der Waals surface area contributed by atoms with Gasteiger partial charge in [0.1, 0.15) is 23.5 Å². The maximum atomic E-state index is 14.3. The van der Waals surface area contributed by atoms with Crippen LogP contribution in [0.3, 0.4) is 0 Å². The van der Waals surface area contributed by atoms with Gasteiger partial charge in [-0.05, 0) is 38.1 Å². The number of likely N-dealkylation sites (tertiary alicyclic amines) is 1. The van der Waals surface area contributed by atoms with E-state index in [1.54, 1.807) is 19.3 Å². The molecule has 1 fully saturated rings. The molecule has 0 amide bonds. The molecule has 26 heavy (non-hydrogen) atoms. The second-order valence-corrected chi connectivity index (χ2v) is 6.54. The van der Waals surface area contributed by atoms with E-state index in [4.69, 9.17) is 4.84 Å². The Hall–Kier alpha value is -2.54. The van der Waals surface area contributed by atoms with Crippen LogP contribution < -0.4 is 5.56 Å².